The van der Waals surface area contributed by atoms with Crippen LogP contribution < -0.4 is 20.9 Å². The maximum atomic E-state index is 12.6. The van der Waals surface area contributed by atoms with Crippen LogP contribution in [-0.2, 0) is 4.74 Å². The first-order valence-corrected chi connectivity index (χ1v) is 9.93. The van der Waals surface area contributed by atoms with Gasteiger partial charge in [-0.3, -0.25) is 5.32 Å². The Labute approximate surface area is 169 Å². The second-order valence-electron chi connectivity index (χ2n) is 7.16. The van der Waals surface area contributed by atoms with Crippen molar-refractivity contribution >= 4 is 23.5 Å². The summed E-state index contributed by atoms with van der Waals surface area (Å²) in [6.07, 6.45) is 3.51. The molecule has 4 rings (SSSR count). The molecule has 4 N–H and O–H groups in total. The van der Waals surface area contributed by atoms with Crippen molar-refractivity contribution in [3.8, 4) is 0 Å². The van der Waals surface area contributed by atoms with Crippen LogP contribution in [0.3, 0.4) is 0 Å². The summed E-state index contributed by atoms with van der Waals surface area (Å²) in [5.41, 5.74) is 1.70. The van der Waals surface area contributed by atoms with Crippen LogP contribution >= 0.6 is 0 Å². The maximum Gasteiger partial charge on any atom is 0.324 e. The Kier molecular flexibility index (Phi) is 6.18. The van der Waals surface area contributed by atoms with Gasteiger partial charge in [-0.1, -0.05) is 18.2 Å². The Morgan fingerprint density at radius 1 is 1.31 bits per heavy atom. The molecule has 2 aromatic rings. The molecule has 0 bridgehead atoms. The number of hydrogen-bond acceptors (Lipinski definition) is 7. The molecule has 0 aliphatic carbocycles. The van der Waals surface area contributed by atoms with E-state index < -0.39 is 0 Å². The van der Waals surface area contributed by atoms with Crippen LogP contribution in [0.4, 0.5) is 22.2 Å². The van der Waals surface area contributed by atoms with Crippen molar-refractivity contribution in [3.63, 3.8) is 0 Å². The molecule has 0 radical (unpaired) electrons. The molecule has 2 unspecified atom stereocenters. The van der Waals surface area contributed by atoms with E-state index in [1.54, 1.807) is 12.3 Å². The fourth-order valence-corrected chi connectivity index (χ4v) is 3.79. The molecule has 1 aromatic heterocycles. The molecule has 2 saturated heterocycles. The van der Waals surface area contributed by atoms with Crippen molar-refractivity contribution in [1.82, 2.24) is 15.3 Å². The van der Waals surface area contributed by atoms with Gasteiger partial charge in [0.1, 0.15) is 5.82 Å². The van der Waals surface area contributed by atoms with Gasteiger partial charge in [-0.2, -0.15) is 4.98 Å². The predicted octanol–water partition coefficient (Wildman–Crippen LogP) is 1.74. The minimum Gasteiger partial charge on any atom is -0.394 e. The molecule has 154 valence electrons. The number of anilines is 3. The van der Waals surface area contributed by atoms with E-state index in [0.717, 1.165) is 37.2 Å². The highest BCUT2D eigenvalue weighted by Crippen LogP contribution is 2.25. The number of urea groups is 1. The van der Waals surface area contributed by atoms with E-state index >= 15 is 0 Å². The standard InChI is InChI=1S/C20H26N6O3/c27-12-14-4-3-10-26(14)19-22-8-7-18(24-19)25-20(28)23-16-6-2-1-5-15(16)17-13-29-11-9-21-17/h1-2,5-8,14,17,21,27H,3-4,9-13H2,(H2,22,23,24,25,28). The lowest BCUT2D eigenvalue weighted by Crippen LogP contribution is -2.35. The molecule has 2 amide bonds. The van der Waals surface area contributed by atoms with Crippen molar-refractivity contribution in [2.24, 2.45) is 0 Å². The van der Waals surface area contributed by atoms with E-state index in [1.165, 1.54) is 0 Å². The van der Waals surface area contributed by atoms with Crippen LogP contribution in [0.2, 0.25) is 0 Å². The van der Waals surface area contributed by atoms with Gasteiger partial charge >= 0.3 is 6.03 Å². The summed E-state index contributed by atoms with van der Waals surface area (Å²) < 4.78 is 5.54. The zero-order chi connectivity index (χ0) is 20.1. The number of carbonyl (C=O) groups is 1. The number of nitrogens with one attached hydrogen (secondary N) is 3. The average molecular weight is 398 g/mol. The van der Waals surface area contributed by atoms with E-state index in [2.05, 4.69) is 25.9 Å². The Morgan fingerprint density at radius 3 is 3.03 bits per heavy atom. The summed E-state index contributed by atoms with van der Waals surface area (Å²) in [5, 5.41) is 18.6. The number of nitrogens with zero attached hydrogens (tertiary/aromatic N) is 3. The number of rotatable bonds is 5. The van der Waals surface area contributed by atoms with E-state index in [1.807, 2.05) is 29.2 Å². The number of amides is 2. The van der Waals surface area contributed by atoms with Crippen LogP contribution in [0.25, 0.3) is 0 Å². The third-order valence-corrected chi connectivity index (χ3v) is 5.24. The minimum absolute atomic E-state index is 0.0242. The average Bonchev–Trinajstić information content (AvgIpc) is 3.24. The number of benzene rings is 1. The number of carbonyl (C=O) groups excluding carboxylic acids is 1. The normalized spacial score (nSPS) is 21.8. The number of para-hydroxylation sites is 1. The van der Waals surface area contributed by atoms with Crippen molar-refractivity contribution in [2.75, 3.05) is 48.4 Å². The van der Waals surface area contributed by atoms with Crippen molar-refractivity contribution in [2.45, 2.75) is 24.9 Å². The molecular formula is C20H26N6O3. The van der Waals surface area contributed by atoms with E-state index in [0.29, 0.717) is 25.0 Å². The zero-order valence-electron chi connectivity index (χ0n) is 16.2. The van der Waals surface area contributed by atoms with Crippen molar-refractivity contribution in [1.29, 1.82) is 0 Å². The van der Waals surface area contributed by atoms with Crippen LogP contribution in [0.5, 0.6) is 0 Å². The molecule has 9 heteroatoms. The quantitative estimate of drug-likeness (QED) is 0.607. The van der Waals surface area contributed by atoms with E-state index in [9.17, 15) is 9.90 Å². The zero-order valence-corrected chi connectivity index (χ0v) is 16.2. The topological polar surface area (TPSA) is 112 Å². The molecule has 2 atom stereocenters. The Hall–Kier alpha value is -2.75. The monoisotopic (exact) mass is 398 g/mol. The summed E-state index contributed by atoms with van der Waals surface area (Å²) in [7, 11) is 0. The fourth-order valence-electron chi connectivity index (χ4n) is 3.79. The lowest BCUT2D eigenvalue weighted by Gasteiger charge is -2.26. The van der Waals surface area contributed by atoms with Gasteiger partial charge in [-0.25, -0.2) is 9.78 Å². The molecule has 2 fully saturated rings. The number of aliphatic hydroxyl groups excluding tert-OH is 1. The van der Waals surface area contributed by atoms with E-state index in [-0.39, 0.29) is 24.7 Å². The summed E-state index contributed by atoms with van der Waals surface area (Å²) >= 11 is 0. The molecule has 29 heavy (non-hydrogen) atoms. The molecular weight excluding hydrogens is 372 g/mol. The number of hydrogen-bond donors (Lipinski definition) is 4. The smallest absolute Gasteiger partial charge is 0.324 e. The Morgan fingerprint density at radius 2 is 2.21 bits per heavy atom. The van der Waals surface area contributed by atoms with Crippen LogP contribution in [0.1, 0.15) is 24.4 Å². The molecule has 2 aliphatic heterocycles. The van der Waals surface area contributed by atoms with Gasteiger partial charge in [0.2, 0.25) is 5.95 Å². The SMILES string of the molecule is O=C(Nc1ccnc(N2CCCC2CO)n1)Nc1ccccc1C1COCCN1. The van der Waals surface area contributed by atoms with Gasteiger partial charge in [-0.05, 0) is 30.5 Å². The number of aromatic nitrogens is 2. The van der Waals surface area contributed by atoms with E-state index in [4.69, 9.17) is 4.74 Å². The molecule has 1 aromatic carbocycles. The Bertz CT molecular complexity index is 842. The summed E-state index contributed by atoms with van der Waals surface area (Å²) in [4.78, 5) is 23.3. The van der Waals surface area contributed by atoms with Crippen molar-refractivity contribution < 1.29 is 14.6 Å². The predicted molar refractivity (Wildman–Crippen MR) is 110 cm³/mol. The minimum atomic E-state index is -0.376. The first kappa shape index (κ1) is 19.6. The fraction of sp³-hybridized carbons (Fsp3) is 0.450. The molecule has 0 spiro atoms. The summed E-state index contributed by atoms with van der Waals surface area (Å²) in [6, 6.07) is 9.01. The number of ether oxygens (including phenoxy) is 1. The second kappa shape index (κ2) is 9.17. The lowest BCUT2D eigenvalue weighted by molar-refractivity contribution is 0.0771. The van der Waals surface area contributed by atoms with Gasteiger partial charge in [0.25, 0.3) is 0 Å². The van der Waals surface area contributed by atoms with Crippen LogP contribution in [-0.4, -0.2) is 60.1 Å². The first-order valence-electron chi connectivity index (χ1n) is 9.93. The largest absolute Gasteiger partial charge is 0.394 e. The number of aliphatic hydroxyl groups is 1. The highest BCUT2D eigenvalue weighted by Gasteiger charge is 2.26. The summed E-state index contributed by atoms with van der Waals surface area (Å²) in [5.74, 6) is 0.927. The van der Waals surface area contributed by atoms with Crippen molar-refractivity contribution in [3.05, 3.63) is 42.1 Å². The van der Waals surface area contributed by atoms with Gasteiger partial charge < -0.3 is 25.4 Å². The van der Waals surface area contributed by atoms with Crippen LogP contribution in [0, 0.1) is 0 Å². The first-order chi connectivity index (χ1) is 14.2. The molecule has 3 heterocycles. The van der Waals surface area contributed by atoms with Gasteiger partial charge in [0.15, 0.2) is 0 Å². The number of morpholine rings is 1. The third kappa shape index (κ3) is 4.64. The maximum absolute atomic E-state index is 12.6. The highest BCUT2D eigenvalue weighted by molar-refractivity contribution is 5.99. The summed E-state index contributed by atoms with van der Waals surface area (Å²) in [6.45, 7) is 2.90. The lowest BCUT2D eigenvalue weighted by atomic mass is 10.0. The van der Waals surface area contributed by atoms with Crippen LogP contribution in [0.15, 0.2) is 36.5 Å². The highest BCUT2D eigenvalue weighted by atomic mass is 16.5. The third-order valence-electron chi connectivity index (χ3n) is 5.24. The van der Waals surface area contributed by atoms with Gasteiger partial charge in [0, 0.05) is 25.0 Å². The molecule has 0 saturated carbocycles. The molecule has 2 aliphatic rings. The van der Waals surface area contributed by atoms with Gasteiger partial charge in [-0.15, -0.1) is 0 Å². The molecule has 9 nitrogen and oxygen atoms in total. The van der Waals surface area contributed by atoms with Gasteiger partial charge in [0.05, 0.1) is 31.9 Å². The Balaban J connectivity index is 1.44. The second-order valence-corrected chi connectivity index (χ2v) is 7.16.